The molecule has 1 amide bonds. The molecule has 2 unspecified atom stereocenters. The molecule has 1 heterocycles. The minimum absolute atomic E-state index is 0.0331. The summed E-state index contributed by atoms with van der Waals surface area (Å²) in [5.41, 5.74) is -0.527. The first kappa shape index (κ1) is 29.3. The van der Waals surface area contributed by atoms with Gasteiger partial charge in [-0.05, 0) is 53.5 Å². The quantitative estimate of drug-likeness (QED) is 0.478. The summed E-state index contributed by atoms with van der Waals surface area (Å²) in [6.45, 7) is 10.8. The first-order valence-electron chi connectivity index (χ1n) is 12.3. The maximum absolute atomic E-state index is 13.0. The van der Waals surface area contributed by atoms with Crippen molar-refractivity contribution in [2.75, 3.05) is 6.54 Å². The highest BCUT2D eigenvalue weighted by Crippen LogP contribution is 2.26. The number of aliphatic carboxylic acids is 1. The zero-order chi connectivity index (χ0) is 27.1. The number of benzene rings is 1. The topological polar surface area (TPSA) is 119 Å². The molecule has 9 heteroatoms. The highest BCUT2D eigenvalue weighted by Gasteiger charge is 2.40. The number of carbonyl (C=O) groups excluding carboxylic acids is 3. The summed E-state index contributed by atoms with van der Waals surface area (Å²) in [7, 11) is 0. The Morgan fingerprint density at radius 3 is 2.17 bits per heavy atom. The molecule has 1 fully saturated rings. The van der Waals surface area contributed by atoms with Crippen molar-refractivity contribution in [3.63, 3.8) is 0 Å². The molecular weight excluding hydrogens is 466 g/mol. The van der Waals surface area contributed by atoms with E-state index in [-0.39, 0.29) is 32.2 Å². The molecule has 1 saturated heterocycles. The van der Waals surface area contributed by atoms with Crippen molar-refractivity contribution >= 4 is 23.8 Å². The lowest BCUT2D eigenvalue weighted by Gasteiger charge is -2.26. The van der Waals surface area contributed by atoms with E-state index >= 15 is 0 Å². The molecule has 0 spiro atoms. The predicted molar refractivity (Wildman–Crippen MR) is 132 cm³/mol. The summed E-state index contributed by atoms with van der Waals surface area (Å²) < 4.78 is 16.7. The summed E-state index contributed by atoms with van der Waals surface area (Å²) in [4.78, 5) is 51.3. The maximum atomic E-state index is 13.0. The Bertz CT molecular complexity index is 916. The SMILES string of the molecule is CC(C)(C)OC(=O)C[C@@H](CCC(=O)N1CC(OCc2ccccc2)CC1C(=O)O)C(=O)OC(C)(C)C. The van der Waals surface area contributed by atoms with E-state index in [4.69, 9.17) is 14.2 Å². The monoisotopic (exact) mass is 505 g/mol. The van der Waals surface area contributed by atoms with E-state index < -0.39 is 53.1 Å². The molecule has 1 aromatic rings. The van der Waals surface area contributed by atoms with Crippen molar-refractivity contribution in [1.82, 2.24) is 4.90 Å². The molecule has 0 saturated carbocycles. The molecule has 0 aliphatic carbocycles. The second kappa shape index (κ2) is 12.3. The van der Waals surface area contributed by atoms with Gasteiger partial charge in [0.2, 0.25) is 5.91 Å². The van der Waals surface area contributed by atoms with E-state index in [0.29, 0.717) is 6.61 Å². The standard InChI is InChI=1S/C27H39NO8/c1-26(2,3)35-23(30)14-19(25(33)36-27(4,5)6)12-13-22(29)28-16-20(15-21(28)24(31)32)34-17-18-10-8-7-9-11-18/h7-11,19-21H,12-17H2,1-6H3,(H,31,32)/t19-,20?,21?/m1/s1. The summed E-state index contributed by atoms with van der Waals surface area (Å²) in [5, 5.41) is 9.67. The Balaban J connectivity index is 2.03. The molecule has 0 bridgehead atoms. The number of ether oxygens (including phenoxy) is 3. The van der Waals surface area contributed by atoms with E-state index in [2.05, 4.69) is 0 Å². The molecule has 3 atom stereocenters. The van der Waals surface area contributed by atoms with Gasteiger partial charge in [0.15, 0.2) is 0 Å². The number of amides is 1. The average Bonchev–Trinajstić information content (AvgIpc) is 3.18. The number of carboxylic acids is 1. The van der Waals surface area contributed by atoms with Gasteiger partial charge in [-0.25, -0.2) is 4.79 Å². The number of carboxylic acid groups (broad SMARTS) is 1. The van der Waals surface area contributed by atoms with Crippen LogP contribution in [-0.2, 0) is 40.0 Å². The Morgan fingerprint density at radius 2 is 1.61 bits per heavy atom. The maximum Gasteiger partial charge on any atom is 0.326 e. The molecule has 2 rings (SSSR count). The van der Waals surface area contributed by atoms with Crippen molar-refractivity contribution in [1.29, 1.82) is 0 Å². The van der Waals surface area contributed by atoms with Crippen LogP contribution in [0.25, 0.3) is 0 Å². The Labute approximate surface area is 213 Å². The second-order valence-corrected chi connectivity index (χ2v) is 11.1. The fourth-order valence-corrected chi connectivity index (χ4v) is 3.93. The summed E-state index contributed by atoms with van der Waals surface area (Å²) in [6.07, 6.45) is -0.544. The first-order valence-corrected chi connectivity index (χ1v) is 12.3. The lowest BCUT2D eigenvalue weighted by Crippen LogP contribution is -2.41. The van der Waals surface area contributed by atoms with Gasteiger partial charge in [-0.2, -0.15) is 0 Å². The number of hydrogen-bond donors (Lipinski definition) is 1. The summed E-state index contributed by atoms with van der Waals surface area (Å²) in [6, 6.07) is 8.49. The van der Waals surface area contributed by atoms with E-state index in [0.717, 1.165) is 5.56 Å². The van der Waals surface area contributed by atoms with Gasteiger partial charge in [-0.1, -0.05) is 30.3 Å². The number of carbonyl (C=O) groups is 4. The van der Waals surface area contributed by atoms with Crippen LogP contribution in [0.1, 0.15) is 72.8 Å². The van der Waals surface area contributed by atoms with Crippen LogP contribution in [0.5, 0.6) is 0 Å². The van der Waals surface area contributed by atoms with Gasteiger partial charge in [-0.3, -0.25) is 14.4 Å². The zero-order valence-electron chi connectivity index (χ0n) is 22.1. The molecule has 1 N–H and O–H groups in total. The largest absolute Gasteiger partial charge is 0.480 e. The van der Waals surface area contributed by atoms with E-state index in [1.54, 1.807) is 41.5 Å². The van der Waals surface area contributed by atoms with Crippen LogP contribution < -0.4 is 0 Å². The summed E-state index contributed by atoms with van der Waals surface area (Å²) >= 11 is 0. The minimum Gasteiger partial charge on any atom is -0.480 e. The van der Waals surface area contributed by atoms with E-state index in [1.165, 1.54) is 4.90 Å². The highest BCUT2D eigenvalue weighted by molar-refractivity contribution is 5.85. The third-order valence-corrected chi connectivity index (χ3v) is 5.48. The van der Waals surface area contributed by atoms with Gasteiger partial charge in [0.1, 0.15) is 17.2 Å². The van der Waals surface area contributed by atoms with Gasteiger partial charge < -0.3 is 24.2 Å². The van der Waals surface area contributed by atoms with E-state index in [1.807, 2.05) is 30.3 Å². The van der Waals surface area contributed by atoms with Crippen molar-refractivity contribution in [2.24, 2.45) is 5.92 Å². The number of likely N-dealkylation sites (tertiary alicyclic amines) is 1. The third-order valence-electron chi connectivity index (χ3n) is 5.48. The second-order valence-electron chi connectivity index (χ2n) is 11.1. The van der Waals surface area contributed by atoms with Gasteiger partial charge in [0.05, 0.1) is 25.0 Å². The van der Waals surface area contributed by atoms with Crippen LogP contribution in [0.3, 0.4) is 0 Å². The van der Waals surface area contributed by atoms with Gasteiger partial charge in [0, 0.05) is 19.4 Å². The smallest absolute Gasteiger partial charge is 0.326 e. The number of nitrogens with zero attached hydrogens (tertiary/aromatic N) is 1. The lowest BCUT2D eigenvalue weighted by atomic mass is 9.98. The van der Waals surface area contributed by atoms with E-state index in [9.17, 15) is 24.3 Å². The van der Waals surface area contributed by atoms with Crippen molar-refractivity contribution in [2.45, 2.75) is 97.2 Å². The number of rotatable bonds is 10. The van der Waals surface area contributed by atoms with Crippen molar-refractivity contribution in [3.8, 4) is 0 Å². The van der Waals surface area contributed by atoms with Crippen LogP contribution in [0.4, 0.5) is 0 Å². The molecule has 0 radical (unpaired) electrons. The molecule has 1 aliphatic heterocycles. The normalized spacial score (nSPS) is 19.0. The lowest BCUT2D eigenvalue weighted by molar-refractivity contribution is -0.167. The van der Waals surface area contributed by atoms with Gasteiger partial charge >= 0.3 is 17.9 Å². The Hall–Kier alpha value is -2.94. The van der Waals surface area contributed by atoms with Crippen molar-refractivity contribution < 1.29 is 38.5 Å². The van der Waals surface area contributed by atoms with Crippen LogP contribution in [0.2, 0.25) is 0 Å². The average molecular weight is 506 g/mol. The van der Waals surface area contributed by atoms with Crippen LogP contribution in [0, 0.1) is 5.92 Å². The number of esters is 2. The molecule has 36 heavy (non-hydrogen) atoms. The first-order chi connectivity index (χ1) is 16.6. The minimum atomic E-state index is -1.10. The molecule has 200 valence electrons. The third kappa shape index (κ3) is 9.97. The molecule has 9 nitrogen and oxygen atoms in total. The fourth-order valence-electron chi connectivity index (χ4n) is 3.93. The predicted octanol–water partition coefficient (Wildman–Crippen LogP) is 3.73. The van der Waals surface area contributed by atoms with Crippen LogP contribution in [-0.4, -0.2) is 63.7 Å². The van der Waals surface area contributed by atoms with Crippen LogP contribution in [0.15, 0.2) is 30.3 Å². The van der Waals surface area contributed by atoms with Crippen LogP contribution >= 0.6 is 0 Å². The van der Waals surface area contributed by atoms with Crippen molar-refractivity contribution in [3.05, 3.63) is 35.9 Å². The van der Waals surface area contributed by atoms with Gasteiger partial charge in [-0.15, -0.1) is 0 Å². The highest BCUT2D eigenvalue weighted by atomic mass is 16.6. The molecule has 1 aliphatic rings. The Kier molecular flexibility index (Phi) is 10.0. The fraction of sp³-hybridized carbons (Fsp3) is 0.630. The number of hydrogen-bond acceptors (Lipinski definition) is 7. The molecule has 0 aromatic heterocycles. The zero-order valence-corrected chi connectivity index (χ0v) is 22.1. The molecule has 1 aromatic carbocycles. The summed E-state index contributed by atoms with van der Waals surface area (Å²) in [5.74, 6) is -3.57. The van der Waals surface area contributed by atoms with Gasteiger partial charge in [0.25, 0.3) is 0 Å². The molecular formula is C27H39NO8. The Morgan fingerprint density at radius 1 is 1.00 bits per heavy atom.